The SMILES string of the molecule is [2H]C([2H])(CC)C([2H])([2H])CCCCCCCCCCCCCCCC(=O)O. The molecule has 0 aliphatic carbocycles. The Balaban J connectivity index is 3.33. The fourth-order valence-electron chi connectivity index (χ4n) is 2.65. The quantitative estimate of drug-likeness (QED) is 0.273. The zero-order valence-electron chi connectivity index (χ0n) is 18.7. The maximum absolute atomic E-state index is 10.4. The first-order valence-electron chi connectivity index (χ1n) is 11.4. The number of hydrogen-bond acceptors (Lipinski definition) is 1. The highest BCUT2D eigenvalue weighted by molar-refractivity contribution is 5.66. The average molecular weight is 317 g/mol. The van der Waals surface area contributed by atoms with Gasteiger partial charge in [-0.25, -0.2) is 0 Å². The molecule has 2 heteroatoms. The van der Waals surface area contributed by atoms with Crippen LogP contribution >= 0.6 is 0 Å². The van der Waals surface area contributed by atoms with Crippen LogP contribution in [0.4, 0.5) is 0 Å². The van der Waals surface area contributed by atoms with Crippen LogP contribution in [0.2, 0.25) is 0 Å². The Hall–Kier alpha value is -0.530. The third-order valence-corrected chi connectivity index (χ3v) is 3.99. The van der Waals surface area contributed by atoms with Crippen LogP contribution in [0.3, 0.4) is 0 Å². The van der Waals surface area contributed by atoms with Crippen molar-refractivity contribution in [3.05, 3.63) is 0 Å². The second kappa shape index (κ2) is 18.5. The van der Waals surface area contributed by atoms with Crippen LogP contribution < -0.4 is 0 Å². The van der Waals surface area contributed by atoms with Gasteiger partial charge in [0.05, 0.1) is 0 Å². The van der Waals surface area contributed by atoms with Crippen molar-refractivity contribution < 1.29 is 15.4 Å². The van der Waals surface area contributed by atoms with Gasteiger partial charge in [0.25, 0.3) is 0 Å². The standard InChI is InChI=1S/C20H40O2/c1-2-3-4-5-6-7-8-9-10-11-12-13-14-15-16-17-18-19-20(21)22/h2-19H2,1H3,(H,21,22)/i3D2,4D2. The molecule has 0 amide bonds. The van der Waals surface area contributed by atoms with Crippen molar-refractivity contribution in [3.63, 3.8) is 0 Å². The lowest BCUT2D eigenvalue weighted by molar-refractivity contribution is -0.137. The molecular weight excluding hydrogens is 272 g/mol. The molecule has 0 radical (unpaired) electrons. The van der Waals surface area contributed by atoms with E-state index in [2.05, 4.69) is 0 Å². The lowest BCUT2D eigenvalue weighted by atomic mass is 10.0. The van der Waals surface area contributed by atoms with Crippen LogP contribution in [0, 0.1) is 0 Å². The van der Waals surface area contributed by atoms with Crippen molar-refractivity contribution in [3.8, 4) is 0 Å². The van der Waals surface area contributed by atoms with Gasteiger partial charge in [-0.2, -0.15) is 0 Å². The molecule has 0 atom stereocenters. The molecule has 0 bridgehead atoms. The average Bonchev–Trinajstić information content (AvgIpc) is 2.57. The number of hydrogen-bond donors (Lipinski definition) is 1. The summed E-state index contributed by atoms with van der Waals surface area (Å²) >= 11 is 0. The minimum absolute atomic E-state index is 0.225. The van der Waals surface area contributed by atoms with E-state index in [0.29, 0.717) is 12.8 Å². The molecule has 132 valence electrons. The van der Waals surface area contributed by atoms with Crippen LogP contribution in [0.5, 0.6) is 0 Å². The molecule has 0 unspecified atom stereocenters. The number of aliphatic carboxylic acids is 1. The van der Waals surface area contributed by atoms with E-state index >= 15 is 0 Å². The number of carbonyl (C=O) groups is 1. The van der Waals surface area contributed by atoms with Gasteiger partial charge in [-0.3, -0.25) is 4.79 Å². The predicted molar refractivity (Wildman–Crippen MR) is 96.4 cm³/mol. The van der Waals surface area contributed by atoms with Gasteiger partial charge in [-0.1, -0.05) is 110 Å². The summed E-state index contributed by atoms with van der Waals surface area (Å²) < 4.78 is 31.2. The molecule has 1 N–H and O–H groups in total. The van der Waals surface area contributed by atoms with Gasteiger partial charge in [-0.15, -0.1) is 0 Å². The summed E-state index contributed by atoms with van der Waals surface area (Å²) in [5, 5.41) is 8.55. The van der Waals surface area contributed by atoms with Crippen LogP contribution in [0.15, 0.2) is 0 Å². The van der Waals surface area contributed by atoms with Crippen molar-refractivity contribution >= 4 is 5.97 Å². The van der Waals surface area contributed by atoms with E-state index in [1.54, 1.807) is 6.92 Å². The second-order valence-corrected chi connectivity index (χ2v) is 6.20. The van der Waals surface area contributed by atoms with Gasteiger partial charge in [0.1, 0.15) is 0 Å². The van der Waals surface area contributed by atoms with Gasteiger partial charge >= 0.3 is 5.97 Å². The number of carboxylic acid groups (broad SMARTS) is 1. The molecule has 0 heterocycles. The highest BCUT2D eigenvalue weighted by Gasteiger charge is 1.97. The highest BCUT2D eigenvalue weighted by atomic mass is 16.4. The molecule has 0 aliphatic rings. The van der Waals surface area contributed by atoms with Crippen LogP contribution in [-0.4, -0.2) is 11.1 Å². The smallest absolute Gasteiger partial charge is 0.303 e. The van der Waals surface area contributed by atoms with Crippen LogP contribution in [-0.2, 0) is 4.79 Å². The summed E-state index contributed by atoms with van der Waals surface area (Å²) in [5.74, 6) is -0.689. The fraction of sp³-hybridized carbons (Fsp3) is 0.950. The maximum Gasteiger partial charge on any atom is 0.303 e. The highest BCUT2D eigenvalue weighted by Crippen LogP contribution is 2.14. The molecule has 0 aliphatic heterocycles. The zero-order chi connectivity index (χ0) is 19.9. The lowest BCUT2D eigenvalue weighted by Crippen LogP contribution is -1.93. The molecule has 22 heavy (non-hydrogen) atoms. The summed E-state index contributed by atoms with van der Waals surface area (Å²) in [6.45, 7) is 1.71. The fourth-order valence-corrected chi connectivity index (χ4v) is 2.65. The zero-order valence-corrected chi connectivity index (χ0v) is 14.7. The number of rotatable bonds is 18. The van der Waals surface area contributed by atoms with Gasteiger partial charge in [0.2, 0.25) is 0 Å². The van der Waals surface area contributed by atoms with E-state index in [9.17, 15) is 4.79 Å². The Morgan fingerprint density at radius 2 is 1.05 bits per heavy atom. The minimum atomic E-state index is -1.72. The summed E-state index contributed by atoms with van der Waals surface area (Å²) in [6, 6.07) is 0. The topological polar surface area (TPSA) is 37.3 Å². The lowest BCUT2D eigenvalue weighted by Gasteiger charge is -2.03. The number of unbranched alkanes of at least 4 members (excludes halogenated alkanes) is 12. The largest absolute Gasteiger partial charge is 0.481 e. The molecule has 2 nitrogen and oxygen atoms in total. The Labute approximate surface area is 144 Å². The van der Waals surface area contributed by atoms with Crippen LogP contribution in [0.25, 0.3) is 0 Å². The van der Waals surface area contributed by atoms with E-state index in [1.165, 1.54) is 44.9 Å². The van der Waals surface area contributed by atoms with E-state index in [-0.39, 0.29) is 6.42 Å². The first-order chi connectivity index (χ1) is 12.2. The maximum atomic E-state index is 10.4. The molecule has 0 saturated heterocycles. The third kappa shape index (κ3) is 19.5. The molecule has 0 saturated carbocycles. The molecule has 0 spiro atoms. The van der Waals surface area contributed by atoms with Gasteiger partial charge in [0.15, 0.2) is 0 Å². The van der Waals surface area contributed by atoms with Gasteiger partial charge in [0, 0.05) is 11.9 Å². The Morgan fingerprint density at radius 3 is 1.41 bits per heavy atom. The summed E-state index contributed by atoms with van der Waals surface area (Å²) in [7, 11) is 0. The summed E-state index contributed by atoms with van der Waals surface area (Å²) in [4.78, 5) is 10.4. The Bertz CT molecular complexity index is 360. The van der Waals surface area contributed by atoms with Crippen molar-refractivity contribution in [2.75, 3.05) is 0 Å². The molecule has 0 fully saturated rings. The van der Waals surface area contributed by atoms with Gasteiger partial charge < -0.3 is 5.11 Å². The first-order valence-corrected chi connectivity index (χ1v) is 9.45. The molecule has 0 aromatic heterocycles. The van der Waals surface area contributed by atoms with Gasteiger partial charge in [-0.05, 0) is 6.42 Å². The van der Waals surface area contributed by atoms with E-state index < -0.39 is 18.7 Å². The van der Waals surface area contributed by atoms with Crippen molar-refractivity contribution in [2.45, 2.75) is 122 Å². The molecule has 0 aromatic carbocycles. The Morgan fingerprint density at radius 1 is 0.682 bits per heavy atom. The third-order valence-electron chi connectivity index (χ3n) is 3.99. The van der Waals surface area contributed by atoms with E-state index in [1.807, 2.05) is 0 Å². The number of carboxylic acids is 1. The monoisotopic (exact) mass is 316 g/mol. The summed E-state index contributed by atoms with van der Waals surface area (Å²) in [6.07, 6.45) is 12.0. The minimum Gasteiger partial charge on any atom is -0.481 e. The molecule has 0 rings (SSSR count). The normalized spacial score (nSPS) is 15.0. The molecule has 0 aromatic rings. The van der Waals surface area contributed by atoms with Crippen molar-refractivity contribution in [1.29, 1.82) is 0 Å². The Kier molecular flexibility index (Phi) is 12.6. The van der Waals surface area contributed by atoms with Crippen molar-refractivity contribution in [1.82, 2.24) is 0 Å². The van der Waals surface area contributed by atoms with Crippen molar-refractivity contribution in [2.24, 2.45) is 0 Å². The first kappa shape index (κ1) is 15.0. The molecular formula is C20H40O2. The second-order valence-electron chi connectivity index (χ2n) is 6.20. The summed E-state index contributed by atoms with van der Waals surface area (Å²) in [5.41, 5.74) is 0. The van der Waals surface area contributed by atoms with Crippen LogP contribution in [0.1, 0.15) is 128 Å². The van der Waals surface area contributed by atoms with E-state index in [4.69, 9.17) is 10.6 Å². The predicted octanol–water partition coefficient (Wildman–Crippen LogP) is 7.11. The van der Waals surface area contributed by atoms with E-state index in [0.717, 1.165) is 38.5 Å².